The Morgan fingerprint density at radius 2 is 2.07 bits per heavy atom. The maximum Gasteiger partial charge on any atom is 0.334 e. The first-order valence-corrected chi connectivity index (χ1v) is 4.76. The average molecular weight is 198 g/mol. The van der Waals surface area contributed by atoms with E-state index >= 15 is 0 Å². The van der Waals surface area contributed by atoms with Crippen LogP contribution in [0.3, 0.4) is 0 Å². The first kappa shape index (κ1) is 11.1. The molecule has 0 amide bonds. The zero-order valence-electron chi connectivity index (χ0n) is 9.51. The Kier molecular flexibility index (Phi) is 2.61. The molecule has 0 aromatic carbocycles. The first-order chi connectivity index (χ1) is 6.28. The molecule has 0 aliphatic carbocycles. The maximum absolute atomic E-state index is 11.3. The van der Waals surface area contributed by atoms with Gasteiger partial charge in [0.15, 0.2) is 0 Å². The minimum Gasteiger partial charge on any atom is -0.501 e. The van der Waals surface area contributed by atoms with Crippen molar-refractivity contribution in [3.8, 4) is 0 Å². The van der Waals surface area contributed by atoms with Crippen molar-refractivity contribution in [3.05, 3.63) is 11.8 Å². The van der Waals surface area contributed by atoms with Crippen LogP contribution in [-0.2, 0) is 14.3 Å². The second-order valence-corrected chi connectivity index (χ2v) is 4.89. The predicted molar refractivity (Wildman–Crippen MR) is 53.7 cm³/mol. The van der Waals surface area contributed by atoms with Gasteiger partial charge in [0.05, 0.1) is 13.2 Å². The number of cyclic esters (lactones) is 1. The van der Waals surface area contributed by atoms with Gasteiger partial charge in [-0.25, -0.2) is 4.79 Å². The second kappa shape index (κ2) is 3.30. The van der Waals surface area contributed by atoms with E-state index in [-0.39, 0.29) is 11.4 Å². The quantitative estimate of drug-likeness (QED) is 0.606. The van der Waals surface area contributed by atoms with Gasteiger partial charge in [0.2, 0.25) is 0 Å². The summed E-state index contributed by atoms with van der Waals surface area (Å²) in [6.07, 6.45) is 2.05. The van der Waals surface area contributed by atoms with Gasteiger partial charge in [0.1, 0.15) is 11.4 Å². The van der Waals surface area contributed by atoms with Crippen molar-refractivity contribution in [2.75, 3.05) is 7.11 Å². The lowest BCUT2D eigenvalue weighted by atomic mass is 9.74. The van der Waals surface area contributed by atoms with Gasteiger partial charge in [-0.1, -0.05) is 20.8 Å². The Balaban J connectivity index is 2.96. The van der Waals surface area contributed by atoms with E-state index in [1.54, 1.807) is 7.11 Å². The van der Waals surface area contributed by atoms with E-state index in [4.69, 9.17) is 9.47 Å². The van der Waals surface area contributed by atoms with E-state index in [0.717, 1.165) is 0 Å². The van der Waals surface area contributed by atoms with Crippen LogP contribution < -0.4 is 0 Å². The predicted octanol–water partition coefficient (Wildman–Crippen LogP) is 2.27. The summed E-state index contributed by atoms with van der Waals surface area (Å²) in [4.78, 5) is 11.3. The fourth-order valence-electron chi connectivity index (χ4n) is 1.35. The molecule has 0 bridgehead atoms. The number of hydrogen-bond acceptors (Lipinski definition) is 3. The molecule has 3 nitrogen and oxygen atoms in total. The monoisotopic (exact) mass is 198 g/mol. The zero-order valence-corrected chi connectivity index (χ0v) is 9.51. The molecular weight excluding hydrogens is 180 g/mol. The molecule has 3 heteroatoms. The second-order valence-electron chi connectivity index (χ2n) is 4.89. The highest BCUT2D eigenvalue weighted by Gasteiger charge is 2.44. The summed E-state index contributed by atoms with van der Waals surface area (Å²) in [6, 6.07) is 0. The average Bonchev–Trinajstić information content (AvgIpc) is 2.00. The van der Waals surface area contributed by atoms with Crippen LogP contribution in [-0.4, -0.2) is 18.7 Å². The number of carbonyl (C=O) groups excluding carboxylic acids is 1. The van der Waals surface area contributed by atoms with E-state index in [2.05, 4.69) is 20.8 Å². The van der Waals surface area contributed by atoms with Crippen LogP contribution in [0.2, 0.25) is 0 Å². The standard InChI is InChI=1S/C11H18O3/c1-10(2,3)11(4)7-8(13-5)6-9(12)14-11/h6H,7H2,1-5H3. The van der Waals surface area contributed by atoms with Gasteiger partial charge in [-0.15, -0.1) is 0 Å². The van der Waals surface area contributed by atoms with Crippen molar-refractivity contribution in [2.24, 2.45) is 5.41 Å². The summed E-state index contributed by atoms with van der Waals surface area (Å²) in [7, 11) is 1.58. The molecule has 1 unspecified atom stereocenters. The van der Waals surface area contributed by atoms with Crippen molar-refractivity contribution in [1.82, 2.24) is 0 Å². The van der Waals surface area contributed by atoms with Crippen LogP contribution in [0, 0.1) is 5.41 Å². The van der Waals surface area contributed by atoms with Crippen LogP contribution in [0.15, 0.2) is 11.8 Å². The molecule has 0 aromatic heterocycles. The summed E-state index contributed by atoms with van der Waals surface area (Å²) >= 11 is 0. The molecule has 1 aliphatic rings. The third-order valence-electron chi connectivity index (χ3n) is 2.96. The van der Waals surface area contributed by atoms with E-state index in [0.29, 0.717) is 12.2 Å². The molecule has 14 heavy (non-hydrogen) atoms. The topological polar surface area (TPSA) is 35.5 Å². The molecule has 0 radical (unpaired) electrons. The van der Waals surface area contributed by atoms with Crippen LogP contribution in [0.25, 0.3) is 0 Å². The van der Waals surface area contributed by atoms with Gasteiger partial charge in [0.25, 0.3) is 0 Å². The summed E-state index contributed by atoms with van der Waals surface area (Å²) < 4.78 is 10.5. The summed E-state index contributed by atoms with van der Waals surface area (Å²) in [5.41, 5.74) is -0.578. The number of methoxy groups -OCH3 is 1. The van der Waals surface area contributed by atoms with Gasteiger partial charge < -0.3 is 9.47 Å². The Morgan fingerprint density at radius 3 is 2.50 bits per heavy atom. The van der Waals surface area contributed by atoms with E-state index in [1.807, 2.05) is 6.92 Å². The highest BCUT2D eigenvalue weighted by Crippen LogP contribution is 2.40. The van der Waals surface area contributed by atoms with Crippen molar-refractivity contribution >= 4 is 5.97 Å². The van der Waals surface area contributed by atoms with E-state index in [9.17, 15) is 4.79 Å². The van der Waals surface area contributed by atoms with E-state index < -0.39 is 5.60 Å². The molecule has 0 spiro atoms. The molecule has 1 atom stereocenters. The summed E-state index contributed by atoms with van der Waals surface area (Å²) in [5.74, 6) is 0.379. The van der Waals surface area contributed by atoms with Crippen LogP contribution in [0.5, 0.6) is 0 Å². The number of hydrogen-bond donors (Lipinski definition) is 0. The molecule has 80 valence electrons. The lowest BCUT2D eigenvalue weighted by Gasteiger charge is -2.42. The molecule has 0 N–H and O–H groups in total. The highest BCUT2D eigenvalue weighted by molar-refractivity contribution is 5.83. The Labute approximate surface area is 85.1 Å². The third kappa shape index (κ3) is 1.91. The number of esters is 1. The molecule has 1 aliphatic heterocycles. The summed E-state index contributed by atoms with van der Waals surface area (Å²) in [5, 5.41) is 0. The SMILES string of the molecule is COC1=CC(=O)OC(C)(C(C)(C)C)C1. The number of ether oxygens (including phenoxy) is 2. The fraction of sp³-hybridized carbons (Fsp3) is 0.727. The normalized spacial score (nSPS) is 28.1. The van der Waals surface area contributed by atoms with Crippen molar-refractivity contribution in [1.29, 1.82) is 0 Å². The zero-order chi connectivity index (χ0) is 11.0. The lowest BCUT2D eigenvalue weighted by molar-refractivity contribution is -0.168. The first-order valence-electron chi connectivity index (χ1n) is 4.76. The molecular formula is C11H18O3. The van der Waals surface area contributed by atoms with Gasteiger partial charge in [-0.3, -0.25) is 0 Å². The maximum atomic E-state index is 11.3. The number of carbonyl (C=O) groups is 1. The third-order valence-corrected chi connectivity index (χ3v) is 2.96. The van der Waals surface area contributed by atoms with Crippen LogP contribution in [0.1, 0.15) is 34.1 Å². The van der Waals surface area contributed by atoms with Crippen molar-refractivity contribution in [2.45, 2.75) is 39.7 Å². The van der Waals surface area contributed by atoms with Crippen LogP contribution in [0.4, 0.5) is 0 Å². The van der Waals surface area contributed by atoms with Gasteiger partial charge >= 0.3 is 5.97 Å². The molecule has 0 fully saturated rings. The minimum absolute atomic E-state index is 0.0965. The molecule has 1 heterocycles. The molecule has 0 saturated carbocycles. The van der Waals surface area contributed by atoms with Gasteiger partial charge in [-0.05, 0) is 6.92 Å². The summed E-state index contributed by atoms with van der Waals surface area (Å²) in [6.45, 7) is 8.10. The molecule has 1 rings (SSSR count). The van der Waals surface area contributed by atoms with Gasteiger partial charge in [-0.2, -0.15) is 0 Å². The Bertz CT molecular complexity index is 273. The smallest absolute Gasteiger partial charge is 0.334 e. The Hall–Kier alpha value is -0.990. The highest BCUT2D eigenvalue weighted by atomic mass is 16.6. The van der Waals surface area contributed by atoms with Crippen LogP contribution >= 0.6 is 0 Å². The lowest BCUT2D eigenvalue weighted by Crippen LogP contribution is -2.46. The largest absolute Gasteiger partial charge is 0.501 e. The van der Waals surface area contributed by atoms with Crippen molar-refractivity contribution < 1.29 is 14.3 Å². The fourth-order valence-corrected chi connectivity index (χ4v) is 1.35. The number of rotatable bonds is 1. The van der Waals surface area contributed by atoms with Gasteiger partial charge in [0, 0.05) is 11.8 Å². The van der Waals surface area contributed by atoms with Crippen molar-refractivity contribution in [3.63, 3.8) is 0 Å². The van der Waals surface area contributed by atoms with E-state index in [1.165, 1.54) is 6.08 Å². The molecule has 0 saturated heterocycles. The Morgan fingerprint density at radius 1 is 1.50 bits per heavy atom. The minimum atomic E-state index is -0.482. The molecule has 0 aromatic rings.